The second-order valence-corrected chi connectivity index (χ2v) is 8.19. The molecule has 0 spiro atoms. The number of aromatic nitrogens is 1. The molecule has 3 aromatic rings. The molecule has 26 heavy (non-hydrogen) atoms. The molecule has 0 saturated heterocycles. The molecular weight excluding hydrogens is 364 g/mol. The van der Waals surface area contributed by atoms with Gasteiger partial charge in [0.25, 0.3) is 0 Å². The molecule has 1 N–H and O–H groups in total. The summed E-state index contributed by atoms with van der Waals surface area (Å²) in [5.41, 5.74) is 3.38. The van der Waals surface area contributed by atoms with E-state index in [9.17, 15) is 4.79 Å². The Morgan fingerprint density at radius 1 is 1.19 bits per heavy atom. The number of thiazole rings is 1. The van der Waals surface area contributed by atoms with Crippen LogP contribution in [0.5, 0.6) is 5.75 Å². The Kier molecular flexibility index (Phi) is 6.52. The predicted octanol–water partition coefficient (Wildman–Crippen LogP) is 4.34. The number of hydrogen-bond acceptors (Lipinski definition) is 5. The van der Waals surface area contributed by atoms with Crippen LogP contribution in [-0.2, 0) is 10.5 Å². The van der Waals surface area contributed by atoms with Crippen molar-refractivity contribution in [1.29, 1.82) is 0 Å². The molecule has 1 aromatic heterocycles. The minimum absolute atomic E-state index is 0.0279. The molecule has 0 fully saturated rings. The summed E-state index contributed by atoms with van der Waals surface area (Å²) >= 11 is 3.27. The Morgan fingerprint density at radius 3 is 2.73 bits per heavy atom. The third kappa shape index (κ3) is 5.47. The number of rotatable bonds is 8. The van der Waals surface area contributed by atoms with E-state index in [4.69, 9.17) is 4.74 Å². The van der Waals surface area contributed by atoms with Gasteiger partial charge in [-0.3, -0.25) is 4.79 Å². The molecule has 0 saturated carbocycles. The third-order valence-corrected chi connectivity index (χ3v) is 5.85. The summed E-state index contributed by atoms with van der Waals surface area (Å²) in [6.07, 6.45) is 0. The fourth-order valence-corrected chi connectivity index (χ4v) is 4.52. The number of carbonyl (C=O) groups excluding carboxylic acids is 1. The first-order chi connectivity index (χ1) is 12.6. The highest BCUT2D eigenvalue weighted by Crippen LogP contribution is 2.24. The first-order valence-electron chi connectivity index (χ1n) is 8.50. The van der Waals surface area contributed by atoms with E-state index in [2.05, 4.69) is 22.4 Å². The Hall–Kier alpha value is -2.05. The first-order valence-corrected chi connectivity index (χ1v) is 10.5. The lowest BCUT2D eigenvalue weighted by molar-refractivity contribution is -0.118. The highest BCUT2D eigenvalue weighted by atomic mass is 32.2. The van der Waals surface area contributed by atoms with Crippen LogP contribution in [0.15, 0.2) is 42.5 Å². The summed E-state index contributed by atoms with van der Waals surface area (Å²) in [6, 6.07) is 14.2. The molecular formula is C20H22N2O2S2. The van der Waals surface area contributed by atoms with Crippen LogP contribution in [0.1, 0.15) is 16.1 Å². The van der Waals surface area contributed by atoms with Crippen LogP contribution >= 0.6 is 23.1 Å². The van der Waals surface area contributed by atoms with Crippen molar-refractivity contribution < 1.29 is 9.53 Å². The topological polar surface area (TPSA) is 51.2 Å². The lowest BCUT2D eigenvalue weighted by Gasteiger charge is -2.09. The Morgan fingerprint density at radius 2 is 1.96 bits per heavy atom. The molecule has 0 aliphatic rings. The van der Waals surface area contributed by atoms with Crippen LogP contribution in [0.25, 0.3) is 10.2 Å². The van der Waals surface area contributed by atoms with Crippen molar-refractivity contribution in [2.45, 2.75) is 19.6 Å². The van der Waals surface area contributed by atoms with E-state index in [1.807, 2.05) is 44.2 Å². The van der Waals surface area contributed by atoms with Gasteiger partial charge in [-0.1, -0.05) is 18.2 Å². The van der Waals surface area contributed by atoms with E-state index in [0.717, 1.165) is 22.0 Å². The molecule has 136 valence electrons. The average molecular weight is 387 g/mol. The van der Waals surface area contributed by atoms with Crippen LogP contribution < -0.4 is 10.1 Å². The predicted molar refractivity (Wildman–Crippen MR) is 110 cm³/mol. The number of nitrogens with one attached hydrogen (secondary N) is 1. The van der Waals surface area contributed by atoms with Crippen molar-refractivity contribution in [3.63, 3.8) is 0 Å². The van der Waals surface area contributed by atoms with Gasteiger partial charge in [-0.2, -0.15) is 0 Å². The number of amides is 1. The van der Waals surface area contributed by atoms with Gasteiger partial charge in [-0.05, 0) is 49.2 Å². The molecule has 0 radical (unpaired) electrons. The van der Waals surface area contributed by atoms with E-state index in [0.29, 0.717) is 18.9 Å². The Bertz CT molecular complexity index is 839. The van der Waals surface area contributed by atoms with Gasteiger partial charge >= 0.3 is 0 Å². The summed E-state index contributed by atoms with van der Waals surface area (Å²) in [7, 11) is 0. The molecule has 1 amide bonds. The van der Waals surface area contributed by atoms with Crippen molar-refractivity contribution in [3.8, 4) is 5.75 Å². The van der Waals surface area contributed by atoms with E-state index in [-0.39, 0.29) is 5.91 Å². The van der Waals surface area contributed by atoms with Gasteiger partial charge in [0.1, 0.15) is 17.4 Å². The molecule has 0 aliphatic heterocycles. The third-order valence-electron chi connectivity index (χ3n) is 3.69. The number of hydrogen-bond donors (Lipinski definition) is 1. The fourth-order valence-electron chi connectivity index (χ4n) is 2.64. The quantitative estimate of drug-likeness (QED) is 0.585. The van der Waals surface area contributed by atoms with Gasteiger partial charge in [0.2, 0.25) is 5.91 Å². The number of aryl methyl sites for hydroxylation is 2. The van der Waals surface area contributed by atoms with E-state index >= 15 is 0 Å². The maximum Gasteiger partial charge on any atom is 0.230 e. The van der Waals surface area contributed by atoms with Crippen LogP contribution in [0.3, 0.4) is 0 Å². The number of benzene rings is 2. The smallest absolute Gasteiger partial charge is 0.230 e. The molecule has 4 nitrogen and oxygen atoms in total. The molecule has 6 heteroatoms. The standard InChI is InChI=1S/C20H22N2O2S2/c1-14-9-15(2)11-16(10-14)24-8-7-21-19(23)12-25-13-20-22-17-5-3-4-6-18(17)26-20/h3-6,9-11H,7-8,12-13H2,1-2H3,(H,21,23). The Labute approximate surface area is 162 Å². The lowest BCUT2D eigenvalue weighted by atomic mass is 10.1. The van der Waals surface area contributed by atoms with E-state index in [1.165, 1.54) is 15.8 Å². The number of thioether (sulfide) groups is 1. The van der Waals surface area contributed by atoms with Gasteiger partial charge in [0.15, 0.2) is 0 Å². The minimum atomic E-state index is 0.0279. The lowest BCUT2D eigenvalue weighted by Crippen LogP contribution is -2.29. The van der Waals surface area contributed by atoms with Crippen molar-refractivity contribution >= 4 is 39.2 Å². The van der Waals surface area contributed by atoms with E-state index in [1.54, 1.807) is 23.1 Å². The monoisotopic (exact) mass is 386 g/mol. The summed E-state index contributed by atoms with van der Waals surface area (Å²) in [5, 5.41) is 3.95. The highest BCUT2D eigenvalue weighted by molar-refractivity contribution is 7.99. The number of carbonyl (C=O) groups is 1. The maximum atomic E-state index is 11.9. The summed E-state index contributed by atoms with van der Waals surface area (Å²) in [5.74, 6) is 2.06. The normalized spacial score (nSPS) is 10.8. The molecule has 1 heterocycles. The van der Waals surface area contributed by atoms with Gasteiger partial charge in [0, 0.05) is 5.75 Å². The zero-order valence-electron chi connectivity index (χ0n) is 15.0. The first kappa shape index (κ1) is 18.7. The summed E-state index contributed by atoms with van der Waals surface area (Å²) in [4.78, 5) is 16.5. The van der Waals surface area contributed by atoms with Crippen molar-refractivity contribution in [2.24, 2.45) is 0 Å². The number of ether oxygens (including phenoxy) is 1. The number of nitrogens with zero attached hydrogens (tertiary/aromatic N) is 1. The largest absolute Gasteiger partial charge is 0.492 e. The number of fused-ring (bicyclic) bond motifs is 1. The molecule has 0 aliphatic carbocycles. The molecule has 0 bridgehead atoms. The van der Waals surface area contributed by atoms with Crippen molar-refractivity contribution in [1.82, 2.24) is 10.3 Å². The zero-order chi connectivity index (χ0) is 18.4. The second-order valence-electron chi connectivity index (χ2n) is 6.09. The van der Waals surface area contributed by atoms with E-state index < -0.39 is 0 Å². The van der Waals surface area contributed by atoms with Gasteiger partial charge in [-0.25, -0.2) is 4.98 Å². The second kappa shape index (κ2) is 9.05. The maximum absolute atomic E-state index is 11.9. The van der Waals surface area contributed by atoms with Crippen molar-refractivity contribution in [3.05, 3.63) is 58.6 Å². The Balaban J connectivity index is 1.34. The van der Waals surface area contributed by atoms with Gasteiger partial charge < -0.3 is 10.1 Å². The molecule has 3 rings (SSSR count). The summed E-state index contributed by atoms with van der Waals surface area (Å²) < 4.78 is 6.89. The SMILES string of the molecule is Cc1cc(C)cc(OCCNC(=O)CSCc2nc3ccccc3s2)c1. The van der Waals surface area contributed by atoms with Gasteiger partial charge in [-0.15, -0.1) is 23.1 Å². The zero-order valence-corrected chi connectivity index (χ0v) is 16.6. The average Bonchev–Trinajstić information content (AvgIpc) is 3.00. The molecule has 0 atom stereocenters. The molecule has 0 unspecified atom stereocenters. The van der Waals surface area contributed by atoms with Crippen LogP contribution in [-0.4, -0.2) is 29.8 Å². The number of para-hydroxylation sites is 1. The van der Waals surface area contributed by atoms with Gasteiger partial charge in [0.05, 0.1) is 22.5 Å². The van der Waals surface area contributed by atoms with Crippen molar-refractivity contribution in [2.75, 3.05) is 18.9 Å². The summed E-state index contributed by atoms with van der Waals surface area (Å²) in [6.45, 7) is 5.07. The molecule has 2 aromatic carbocycles. The van der Waals surface area contributed by atoms with Crippen LogP contribution in [0.2, 0.25) is 0 Å². The highest BCUT2D eigenvalue weighted by Gasteiger charge is 2.06. The fraction of sp³-hybridized carbons (Fsp3) is 0.300. The minimum Gasteiger partial charge on any atom is -0.492 e. The van der Waals surface area contributed by atoms with Crippen LogP contribution in [0.4, 0.5) is 0 Å². The van der Waals surface area contributed by atoms with Crippen LogP contribution in [0, 0.1) is 13.8 Å².